The zero-order chi connectivity index (χ0) is 8.10. The first-order valence-corrected chi connectivity index (χ1v) is 4.77. The molecular weight excluding hydrogens is 134 g/mol. The van der Waals surface area contributed by atoms with Crippen LogP contribution in [0.3, 0.4) is 0 Å². The van der Waals surface area contributed by atoms with Crippen molar-refractivity contribution in [2.75, 3.05) is 6.54 Å². The Hall–Kier alpha value is -0.460. The molecule has 0 aromatic carbocycles. The highest BCUT2D eigenvalue weighted by molar-refractivity contribution is 4.95. The lowest BCUT2D eigenvalue weighted by molar-refractivity contribution is 0.310. The first kappa shape index (κ1) is 8.63. The van der Waals surface area contributed by atoms with E-state index in [4.69, 9.17) is 0 Å². The van der Waals surface area contributed by atoms with Gasteiger partial charge in [0, 0.05) is 12.6 Å². The molecule has 0 saturated heterocycles. The molecule has 1 nitrogen and oxygen atoms in total. The van der Waals surface area contributed by atoms with Gasteiger partial charge in [0.2, 0.25) is 0 Å². The maximum Gasteiger partial charge on any atom is 0.0291 e. The Labute approximate surface area is 70.1 Å². The smallest absolute Gasteiger partial charge is 0.0291 e. The molecular formula is C10H19N. The average Bonchev–Trinajstić information content (AvgIpc) is 2.37. The first-order valence-electron chi connectivity index (χ1n) is 4.77. The molecule has 1 aliphatic heterocycles. The van der Waals surface area contributed by atoms with Crippen LogP contribution in [0.2, 0.25) is 0 Å². The van der Waals surface area contributed by atoms with Crippen LogP contribution in [0.5, 0.6) is 0 Å². The van der Waals surface area contributed by atoms with Crippen LogP contribution in [0.1, 0.15) is 39.5 Å². The fourth-order valence-corrected chi connectivity index (χ4v) is 1.51. The van der Waals surface area contributed by atoms with Crippen LogP contribution in [0.4, 0.5) is 0 Å². The van der Waals surface area contributed by atoms with Gasteiger partial charge in [0.1, 0.15) is 0 Å². The van der Waals surface area contributed by atoms with Crippen LogP contribution in [-0.2, 0) is 0 Å². The highest BCUT2D eigenvalue weighted by atomic mass is 15.1. The number of rotatable bonds is 4. The number of unbranched alkanes of at least 4 members (excludes halogenated alkanes) is 2. The molecule has 1 aliphatic rings. The molecule has 0 amide bonds. The van der Waals surface area contributed by atoms with Crippen molar-refractivity contribution in [3.05, 3.63) is 12.3 Å². The topological polar surface area (TPSA) is 3.24 Å². The van der Waals surface area contributed by atoms with E-state index in [0.717, 1.165) is 6.04 Å². The number of nitrogens with zero attached hydrogens (tertiary/aromatic N) is 1. The van der Waals surface area contributed by atoms with Crippen molar-refractivity contribution in [3.63, 3.8) is 0 Å². The van der Waals surface area contributed by atoms with Crippen molar-refractivity contribution in [1.82, 2.24) is 4.90 Å². The van der Waals surface area contributed by atoms with E-state index >= 15 is 0 Å². The molecule has 1 heteroatoms. The van der Waals surface area contributed by atoms with E-state index in [9.17, 15) is 0 Å². The summed E-state index contributed by atoms with van der Waals surface area (Å²) in [6.07, 6.45) is 9.82. The van der Waals surface area contributed by atoms with E-state index in [1.165, 1.54) is 32.2 Å². The lowest BCUT2D eigenvalue weighted by Gasteiger charge is -2.21. The van der Waals surface area contributed by atoms with Gasteiger partial charge < -0.3 is 4.90 Å². The zero-order valence-electron chi connectivity index (χ0n) is 7.71. The Bertz CT molecular complexity index is 129. The third-order valence-electron chi connectivity index (χ3n) is 2.36. The summed E-state index contributed by atoms with van der Waals surface area (Å²) >= 11 is 0. The highest BCUT2D eigenvalue weighted by Gasteiger charge is 2.11. The van der Waals surface area contributed by atoms with Crippen LogP contribution in [0.15, 0.2) is 12.3 Å². The molecule has 0 bridgehead atoms. The Balaban J connectivity index is 2.10. The molecule has 1 rings (SSSR count). The fraction of sp³-hybridized carbons (Fsp3) is 0.800. The van der Waals surface area contributed by atoms with Gasteiger partial charge in [-0.05, 0) is 26.0 Å². The van der Waals surface area contributed by atoms with Gasteiger partial charge in [-0.15, -0.1) is 0 Å². The van der Waals surface area contributed by atoms with Gasteiger partial charge in [-0.25, -0.2) is 0 Å². The maximum absolute atomic E-state index is 2.45. The van der Waals surface area contributed by atoms with E-state index in [1.807, 2.05) is 0 Å². The molecule has 1 heterocycles. The number of hydrogen-bond donors (Lipinski definition) is 0. The van der Waals surface area contributed by atoms with Crippen LogP contribution in [0.25, 0.3) is 0 Å². The minimum Gasteiger partial charge on any atom is -0.375 e. The van der Waals surface area contributed by atoms with Crippen LogP contribution in [0, 0.1) is 0 Å². The van der Waals surface area contributed by atoms with Crippen molar-refractivity contribution < 1.29 is 0 Å². The van der Waals surface area contributed by atoms with Gasteiger partial charge in [0.25, 0.3) is 0 Å². The summed E-state index contributed by atoms with van der Waals surface area (Å²) < 4.78 is 0. The van der Waals surface area contributed by atoms with Gasteiger partial charge in [-0.3, -0.25) is 0 Å². The molecule has 0 spiro atoms. The normalized spacial score (nSPS) is 23.1. The minimum atomic E-state index is 0.756. The Morgan fingerprint density at radius 2 is 2.27 bits per heavy atom. The predicted octanol–water partition coefficient (Wildman–Crippen LogP) is 2.78. The third kappa shape index (κ3) is 2.57. The molecule has 0 radical (unpaired) electrons. The van der Waals surface area contributed by atoms with Crippen molar-refractivity contribution in [3.8, 4) is 0 Å². The molecule has 0 N–H and O–H groups in total. The van der Waals surface area contributed by atoms with Gasteiger partial charge >= 0.3 is 0 Å². The summed E-state index contributed by atoms with van der Waals surface area (Å²) in [5.74, 6) is 0. The predicted molar refractivity (Wildman–Crippen MR) is 49.5 cm³/mol. The molecule has 0 aromatic rings. The highest BCUT2D eigenvalue weighted by Crippen LogP contribution is 2.14. The monoisotopic (exact) mass is 153 g/mol. The van der Waals surface area contributed by atoms with Crippen molar-refractivity contribution in [2.45, 2.75) is 45.6 Å². The second-order valence-corrected chi connectivity index (χ2v) is 3.41. The van der Waals surface area contributed by atoms with E-state index in [1.54, 1.807) is 0 Å². The molecule has 0 fully saturated rings. The van der Waals surface area contributed by atoms with Gasteiger partial charge in [-0.1, -0.05) is 25.8 Å². The maximum atomic E-state index is 2.45. The summed E-state index contributed by atoms with van der Waals surface area (Å²) in [4.78, 5) is 2.45. The fourth-order valence-electron chi connectivity index (χ4n) is 1.51. The Morgan fingerprint density at radius 1 is 1.45 bits per heavy atom. The quantitative estimate of drug-likeness (QED) is 0.561. The van der Waals surface area contributed by atoms with E-state index in [-0.39, 0.29) is 0 Å². The molecule has 0 saturated carbocycles. The first-order chi connectivity index (χ1) is 5.34. The summed E-state index contributed by atoms with van der Waals surface area (Å²) in [5, 5.41) is 0. The second kappa shape index (κ2) is 4.42. The van der Waals surface area contributed by atoms with Crippen molar-refractivity contribution >= 4 is 0 Å². The van der Waals surface area contributed by atoms with Crippen LogP contribution < -0.4 is 0 Å². The van der Waals surface area contributed by atoms with E-state index in [2.05, 4.69) is 31.0 Å². The second-order valence-electron chi connectivity index (χ2n) is 3.41. The van der Waals surface area contributed by atoms with Crippen molar-refractivity contribution in [1.29, 1.82) is 0 Å². The van der Waals surface area contributed by atoms with Gasteiger partial charge in [0.15, 0.2) is 0 Å². The van der Waals surface area contributed by atoms with E-state index in [0.29, 0.717) is 0 Å². The minimum absolute atomic E-state index is 0.756. The third-order valence-corrected chi connectivity index (χ3v) is 2.36. The van der Waals surface area contributed by atoms with Gasteiger partial charge in [-0.2, -0.15) is 0 Å². The molecule has 1 atom stereocenters. The standard InChI is InChI=1S/C10H19N/c1-3-4-5-8-11-9-6-7-10(11)2/h6,9-10H,3-5,7-8H2,1-2H3. The lowest BCUT2D eigenvalue weighted by Crippen LogP contribution is -2.24. The van der Waals surface area contributed by atoms with Crippen LogP contribution in [-0.4, -0.2) is 17.5 Å². The Kier molecular flexibility index (Phi) is 3.47. The zero-order valence-corrected chi connectivity index (χ0v) is 7.71. The lowest BCUT2D eigenvalue weighted by atomic mass is 10.2. The summed E-state index contributed by atoms with van der Waals surface area (Å²) in [6.45, 7) is 5.81. The Morgan fingerprint density at radius 3 is 2.82 bits per heavy atom. The molecule has 1 unspecified atom stereocenters. The van der Waals surface area contributed by atoms with Crippen LogP contribution >= 0.6 is 0 Å². The summed E-state index contributed by atoms with van der Waals surface area (Å²) in [6, 6.07) is 0.756. The number of hydrogen-bond acceptors (Lipinski definition) is 1. The van der Waals surface area contributed by atoms with Crippen molar-refractivity contribution in [2.24, 2.45) is 0 Å². The average molecular weight is 153 g/mol. The largest absolute Gasteiger partial charge is 0.375 e. The summed E-state index contributed by atoms with van der Waals surface area (Å²) in [5.41, 5.74) is 0. The molecule has 0 aliphatic carbocycles. The molecule has 64 valence electrons. The SMILES string of the molecule is CCCCCN1C=CCC1C. The summed E-state index contributed by atoms with van der Waals surface area (Å²) in [7, 11) is 0. The molecule has 0 aromatic heterocycles. The van der Waals surface area contributed by atoms with Gasteiger partial charge in [0.05, 0.1) is 0 Å². The van der Waals surface area contributed by atoms with E-state index < -0.39 is 0 Å². The molecule has 11 heavy (non-hydrogen) atoms.